The molecule has 0 saturated carbocycles. The average Bonchev–Trinajstić information content (AvgIpc) is 2.46. The summed E-state index contributed by atoms with van der Waals surface area (Å²) in [5.41, 5.74) is 0.938. The first-order valence-corrected chi connectivity index (χ1v) is 7.84. The first kappa shape index (κ1) is 18.0. The van der Waals surface area contributed by atoms with Crippen molar-refractivity contribution in [2.75, 3.05) is 12.3 Å². The molecular weight excluding hydrogens is 304 g/mol. The molecule has 6 nitrogen and oxygen atoms in total. The van der Waals surface area contributed by atoms with E-state index in [0.717, 1.165) is 17.3 Å². The van der Waals surface area contributed by atoms with Crippen LogP contribution >= 0.6 is 11.8 Å². The molecule has 0 aromatic heterocycles. The van der Waals surface area contributed by atoms with Crippen LogP contribution in [0.25, 0.3) is 0 Å². The second-order valence-electron chi connectivity index (χ2n) is 4.76. The first-order valence-electron chi connectivity index (χ1n) is 6.85. The number of carbonyl (C=O) groups excluding carboxylic acids is 2. The fourth-order valence-corrected chi connectivity index (χ4v) is 2.29. The Labute approximate surface area is 133 Å². The number of hydrogen-bond acceptors (Lipinski definition) is 4. The molecule has 0 radical (unpaired) electrons. The molecule has 1 aromatic carbocycles. The number of nitrogens with one attached hydrogen (secondary N) is 1. The summed E-state index contributed by atoms with van der Waals surface area (Å²) in [6, 6.07) is 7.98. The van der Waals surface area contributed by atoms with Crippen molar-refractivity contribution in [3.05, 3.63) is 35.9 Å². The number of carboxylic acid groups (broad SMARTS) is 1. The molecule has 0 heterocycles. The Morgan fingerprint density at radius 1 is 1.27 bits per heavy atom. The van der Waals surface area contributed by atoms with Crippen LogP contribution in [0.5, 0.6) is 0 Å². The lowest BCUT2D eigenvalue weighted by molar-refractivity contribution is -0.138. The lowest BCUT2D eigenvalue weighted by Crippen LogP contribution is -2.47. The molecule has 0 aliphatic heterocycles. The molecule has 7 heteroatoms. The van der Waals surface area contributed by atoms with Crippen LogP contribution in [0.2, 0.25) is 0 Å². The van der Waals surface area contributed by atoms with Gasteiger partial charge in [0.25, 0.3) is 0 Å². The molecule has 120 valence electrons. The molecule has 0 aliphatic rings. The molecule has 2 N–H and O–H groups in total. The minimum atomic E-state index is -1.09. The van der Waals surface area contributed by atoms with E-state index >= 15 is 0 Å². The largest absolute Gasteiger partial charge is 0.480 e. The maximum atomic E-state index is 12.2. The van der Waals surface area contributed by atoms with Crippen LogP contribution in [0.4, 0.5) is 4.79 Å². The third kappa shape index (κ3) is 6.62. The summed E-state index contributed by atoms with van der Waals surface area (Å²) in [6.45, 7) is 3.60. The van der Waals surface area contributed by atoms with Gasteiger partial charge in [-0.15, -0.1) is 0 Å². The predicted octanol–water partition coefficient (Wildman–Crippen LogP) is 1.95. The Morgan fingerprint density at radius 3 is 2.45 bits per heavy atom. The van der Waals surface area contributed by atoms with Crippen molar-refractivity contribution in [1.82, 2.24) is 10.2 Å². The molecule has 1 atom stereocenters. The van der Waals surface area contributed by atoms with Crippen LogP contribution < -0.4 is 5.32 Å². The van der Waals surface area contributed by atoms with Crippen molar-refractivity contribution in [2.24, 2.45) is 0 Å². The number of amides is 2. The van der Waals surface area contributed by atoms with Crippen molar-refractivity contribution in [3.8, 4) is 0 Å². The molecule has 1 aromatic rings. The van der Waals surface area contributed by atoms with Crippen LogP contribution in [-0.2, 0) is 16.1 Å². The number of aliphatic carboxylic acids is 1. The second kappa shape index (κ2) is 9.09. The first-order chi connectivity index (χ1) is 10.4. The van der Waals surface area contributed by atoms with Gasteiger partial charge in [0, 0.05) is 25.8 Å². The maximum Gasteiger partial charge on any atom is 0.325 e. The van der Waals surface area contributed by atoms with Crippen molar-refractivity contribution >= 4 is 28.9 Å². The zero-order valence-corrected chi connectivity index (χ0v) is 13.4. The molecule has 0 fully saturated rings. The number of hydrogen-bond donors (Lipinski definition) is 2. The van der Waals surface area contributed by atoms with Crippen LogP contribution in [0, 0.1) is 0 Å². The highest BCUT2D eigenvalue weighted by Crippen LogP contribution is 2.08. The Morgan fingerprint density at radius 2 is 1.91 bits per heavy atom. The Hall–Kier alpha value is -2.02. The van der Waals surface area contributed by atoms with Crippen molar-refractivity contribution in [2.45, 2.75) is 26.4 Å². The number of urea groups is 1. The normalized spacial score (nSPS) is 11.5. The highest BCUT2D eigenvalue weighted by Gasteiger charge is 2.19. The summed E-state index contributed by atoms with van der Waals surface area (Å²) < 4.78 is 0. The van der Waals surface area contributed by atoms with E-state index in [2.05, 4.69) is 5.32 Å². The van der Waals surface area contributed by atoms with E-state index in [9.17, 15) is 14.4 Å². The molecule has 0 saturated heterocycles. The van der Waals surface area contributed by atoms with Crippen molar-refractivity contribution in [3.63, 3.8) is 0 Å². The Bertz CT molecular complexity index is 522. The van der Waals surface area contributed by atoms with E-state index in [1.54, 1.807) is 0 Å². The monoisotopic (exact) mass is 324 g/mol. The lowest BCUT2D eigenvalue weighted by Gasteiger charge is -2.24. The molecule has 2 amide bonds. The van der Waals surface area contributed by atoms with Gasteiger partial charge < -0.3 is 15.3 Å². The number of rotatable bonds is 7. The zero-order valence-electron chi connectivity index (χ0n) is 12.6. The van der Waals surface area contributed by atoms with E-state index in [4.69, 9.17) is 5.11 Å². The number of carbonyl (C=O) groups is 3. The highest BCUT2D eigenvalue weighted by molar-refractivity contribution is 8.13. The van der Waals surface area contributed by atoms with E-state index in [0.29, 0.717) is 18.8 Å². The van der Waals surface area contributed by atoms with Crippen LogP contribution in [-0.4, -0.2) is 45.5 Å². The third-order valence-corrected chi connectivity index (χ3v) is 3.67. The number of benzene rings is 1. The number of nitrogens with zero attached hydrogens (tertiary/aromatic N) is 1. The molecule has 0 bridgehead atoms. The molecule has 1 rings (SSSR count). The minimum Gasteiger partial charge on any atom is -0.480 e. The highest BCUT2D eigenvalue weighted by atomic mass is 32.2. The van der Waals surface area contributed by atoms with E-state index in [-0.39, 0.29) is 5.12 Å². The van der Waals surface area contributed by atoms with Crippen LogP contribution in [0.15, 0.2) is 30.3 Å². The summed E-state index contributed by atoms with van der Waals surface area (Å²) in [4.78, 5) is 35.5. The average molecular weight is 324 g/mol. The van der Waals surface area contributed by atoms with Gasteiger partial charge in [0.05, 0.1) is 0 Å². The maximum absolute atomic E-state index is 12.2. The number of thioether (sulfide) groups is 1. The second-order valence-corrected chi connectivity index (χ2v) is 6.03. The van der Waals surface area contributed by atoms with Gasteiger partial charge in [0.2, 0.25) is 0 Å². The number of carboxylic acids is 1. The zero-order chi connectivity index (χ0) is 16.5. The quantitative estimate of drug-likeness (QED) is 0.800. The fourth-order valence-electron chi connectivity index (χ4n) is 1.69. The van der Waals surface area contributed by atoms with Gasteiger partial charge in [-0.2, -0.15) is 0 Å². The van der Waals surface area contributed by atoms with Crippen LogP contribution in [0.1, 0.15) is 19.4 Å². The SMILES string of the molecule is CC(=O)SCCN(Cc1ccccc1)C(=O)NC(C)C(=O)O. The topological polar surface area (TPSA) is 86.7 Å². The van der Waals surface area contributed by atoms with Gasteiger partial charge in [0.15, 0.2) is 5.12 Å². The standard InChI is InChI=1S/C15H20N2O4S/c1-11(14(19)20)16-15(21)17(8-9-22-12(2)18)10-13-6-4-3-5-7-13/h3-7,11H,8-10H2,1-2H3,(H,16,21)(H,19,20). The Kier molecular flexibility index (Phi) is 7.45. The molecular formula is C15H20N2O4S. The summed E-state index contributed by atoms with van der Waals surface area (Å²) in [7, 11) is 0. The molecule has 0 spiro atoms. The van der Waals surface area contributed by atoms with E-state index in [1.165, 1.54) is 18.7 Å². The van der Waals surface area contributed by atoms with Gasteiger partial charge in [-0.1, -0.05) is 42.1 Å². The predicted molar refractivity (Wildman–Crippen MR) is 85.6 cm³/mol. The van der Waals surface area contributed by atoms with Gasteiger partial charge in [-0.25, -0.2) is 4.79 Å². The van der Waals surface area contributed by atoms with Gasteiger partial charge in [-0.3, -0.25) is 9.59 Å². The molecule has 22 heavy (non-hydrogen) atoms. The van der Waals surface area contributed by atoms with Gasteiger partial charge in [0.1, 0.15) is 6.04 Å². The fraction of sp³-hybridized carbons (Fsp3) is 0.400. The lowest BCUT2D eigenvalue weighted by atomic mass is 10.2. The Balaban J connectivity index is 2.69. The summed E-state index contributed by atoms with van der Waals surface area (Å²) >= 11 is 1.14. The smallest absolute Gasteiger partial charge is 0.325 e. The van der Waals surface area contributed by atoms with Crippen molar-refractivity contribution in [1.29, 1.82) is 0 Å². The molecule has 1 unspecified atom stereocenters. The molecule has 0 aliphatic carbocycles. The van der Waals surface area contributed by atoms with Gasteiger partial charge >= 0.3 is 12.0 Å². The van der Waals surface area contributed by atoms with Crippen LogP contribution in [0.3, 0.4) is 0 Å². The minimum absolute atomic E-state index is 0.0148. The van der Waals surface area contributed by atoms with E-state index < -0.39 is 18.0 Å². The summed E-state index contributed by atoms with van der Waals surface area (Å²) in [6.07, 6.45) is 0. The van der Waals surface area contributed by atoms with Gasteiger partial charge in [-0.05, 0) is 12.5 Å². The van der Waals surface area contributed by atoms with E-state index in [1.807, 2.05) is 30.3 Å². The summed E-state index contributed by atoms with van der Waals surface area (Å²) in [5.74, 6) is -0.622. The third-order valence-electron chi connectivity index (χ3n) is 2.88. The summed E-state index contributed by atoms with van der Waals surface area (Å²) in [5, 5.41) is 11.3. The van der Waals surface area contributed by atoms with Crippen molar-refractivity contribution < 1.29 is 19.5 Å².